The summed E-state index contributed by atoms with van der Waals surface area (Å²) in [6.07, 6.45) is 2.14. The van der Waals surface area contributed by atoms with Crippen LogP contribution in [0.2, 0.25) is 0 Å². The van der Waals surface area contributed by atoms with Crippen molar-refractivity contribution in [3.8, 4) is 0 Å². The lowest BCUT2D eigenvalue weighted by molar-refractivity contribution is 0.294. The summed E-state index contributed by atoms with van der Waals surface area (Å²) < 4.78 is 1.94. The monoisotopic (exact) mass is 268 g/mol. The molecule has 0 saturated carbocycles. The van der Waals surface area contributed by atoms with Crippen molar-refractivity contribution in [1.82, 2.24) is 15.1 Å². The molecule has 2 N–H and O–H groups in total. The molecule has 0 saturated heterocycles. The molecule has 0 fully saturated rings. The zero-order valence-corrected chi connectivity index (χ0v) is 12.9. The zero-order valence-electron chi connectivity index (χ0n) is 12.9. The predicted octanol–water partition coefficient (Wildman–Crippen LogP) is 1.44. The van der Waals surface area contributed by atoms with Crippen LogP contribution in [0.25, 0.3) is 0 Å². The number of aromatic nitrogens is 2. The SMILES string of the molecule is CCC(CC)N(CCO)c1c(CNC)c(C)nn1C. The van der Waals surface area contributed by atoms with Crippen molar-refractivity contribution in [3.05, 3.63) is 11.3 Å². The van der Waals surface area contributed by atoms with Gasteiger partial charge in [-0.05, 0) is 26.8 Å². The predicted molar refractivity (Wildman–Crippen MR) is 79.5 cm³/mol. The lowest BCUT2D eigenvalue weighted by Gasteiger charge is -2.32. The van der Waals surface area contributed by atoms with Crippen LogP contribution >= 0.6 is 0 Å². The van der Waals surface area contributed by atoms with Crippen LogP contribution < -0.4 is 10.2 Å². The fraction of sp³-hybridized carbons (Fsp3) is 0.786. The largest absolute Gasteiger partial charge is 0.395 e. The van der Waals surface area contributed by atoms with Crippen LogP contribution in [-0.2, 0) is 13.6 Å². The number of hydrogen-bond acceptors (Lipinski definition) is 4. The summed E-state index contributed by atoms with van der Waals surface area (Å²) in [5.74, 6) is 1.13. The second-order valence-corrected chi connectivity index (χ2v) is 4.93. The van der Waals surface area contributed by atoms with E-state index in [0.717, 1.165) is 30.9 Å². The molecule has 0 aromatic carbocycles. The summed E-state index contributed by atoms with van der Waals surface area (Å²) >= 11 is 0. The number of aliphatic hydroxyl groups excluding tert-OH is 1. The van der Waals surface area contributed by atoms with Crippen molar-refractivity contribution in [3.63, 3.8) is 0 Å². The fourth-order valence-corrected chi connectivity index (χ4v) is 2.73. The van der Waals surface area contributed by atoms with E-state index in [0.29, 0.717) is 12.6 Å². The molecule has 110 valence electrons. The van der Waals surface area contributed by atoms with Gasteiger partial charge in [0.25, 0.3) is 0 Å². The molecule has 0 bridgehead atoms. The van der Waals surface area contributed by atoms with Gasteiger partial charge in [-0.2, -0.15) is 5.10 Å². The van der Waals surface area contributed by atoms with Gasteiger partial charge >= 0.3 is 0 Å². The highest BCUT2D eigenvalue weighted by Crippen LogP contribution is 2.26. The molecule has 5 heteroatoms. The van der Waals surface area contributed by atoms with Crippen molar-refractivity contribution in [1.29, 1.82) is 0 Å². The van der Waals surface area contributed by atoms with Crippen LogP contribution in [0.1, 0.15) is 37.9 Å². The van der Waals surface area contributed by atoms with Gasteiger partial charge in [0.15, 0.2) is 0 Å². The minimum absolute atomic E-state index is 0.166. The van der Waals surface area contributed by atoms with Gasteiger partial charge < -0.3 is 15.3 Å². The van der Waals surface area contributed by atoms with Crippen molar-refractivity contribution < 1.29 is 5.11 Å². The van der Waals surface area contributed by atoms with Crippen molar-refractivity contribution in [2.24, 2.45) is 7.05 Å². The average Bonchev–Trinajstić information content (AvgIpc) is 2.65. The van der Waals surface area contributed by atoms with Gasteiger partial charge in [0.1, 0.15) is 5.82 Å². The van der Waals surface area contributed by atoms with Gasteiger partial charge in [0.05, 0.1) is 12.3 Å². The number of aliphatic hydroxyl groups is 1. The highest BCUT2D eigenvalue weighted by Gasteiger charge is 2.23. The normalized spacial score (nSPS) is 11.3. The zero-order chi connectivity index (χ0) is 14.4. The molecule has 0 amide bonds. The summed E-state index contributed by atoms with van der Waals surface area (Å²) in [5, 5.41) is 17.1. The molecule has 0 unspecified atom stereocenters. The molecule has 1 rings (SSSR count). The smallest absolute Gasteiger partial charge is 0.131 e. The Morgan fingerprint density at radius 3 is 2.47 bits per heavy atom. The van der Waals surface area contributed by atoms with Gasteiger partial charge in [-0.1, -0.05) is 13.8 Å². The Morgan fingerprint density at radius 2 is 2.00 bits per heavy atom. The van der Waals surface area contributed by atoms with Crippen molar-refractivity contribution in [2.75, 3.05) is 25.1 Å². The molecule has 0 aliphatic rings. The first kappa shape index (κ1) is 16.0. The molecule has 5 nitrogen and oxygen atoms in total. The third-order valence-electron chi connectivity index (χ3n) is 3.66. The number of anilines is 1. The van der Waals surface area contributed by atoms with E-state index >= 15 is 0 Å². The Hall–Kier alpha value is -1.07. The second kappa shape index (κ2) is 7.50. The number of aryl methyl sites for hydroxylation is 2. The summed E-state index contributed by atoms with van der Waals surface area (Å²) in [7, 11) is 3.93. The van der Waals surface area contributed by atoms with Gasteiger partial charge in [-0.3, -0.25) is 4.68 Å². The highest BCUT2D eigenvalue weighted by atomic mass is 16.3. The average molecular weight is 268 g/mol. The Labute approximate surface area is 116 Å². The molecular weight excluding hydrogens is 240 g/mol. The molecule has 0 aliphatic carbocycles. The maximum Gasteiger partial charge on any atom is 0.131 e. The fourth-order valence-electron chi connectivity index (χ4n) is 2.73. The molecular formula is C14H28N4O. The summed E-state index contributed by atoms with van der Waals surface area (Å²) in [6, 6.07) is 0.442. The standard InChI is InChI=1S/C14H28N4O/c1-6-12(7-2)18(8-9-19)14-13(10-15-4)11(3)16-17(14)5/h12,15,19H,6-10H2,1-5H3. The maximum absolute atomic E-state index is 9.37. The highest BCUT2D eigenvalue weighted by molar-refractivity contribution is 5.51. The Bertz CT molecular complexity index is 385. The van der Waals surface area contributed by atoms with Crippen LogP contribution in [0.4, 0.5) is 5.82 Å². The van der Waals surface area contributed by atoms with E-state index in [-0.39, 0.29) is 6.61 Å². The lowest BCUT2D eigenvalue weighted by Crippen LogP contribution is -2.39. The van der Waals surface area contributed by atoms with Gasteiger partial charge in [0.2, 0.25) is 0 Å². The van der Waals surface area contributed by atoms with Crippen LogP contribution in [0.3, 0.4) is 0 Å². The van der Waals surface area contributed by atoms with E-state index in [1.807, 2.05) is 25.7 Å². The molecule has 0 aliphatic heterocycles. The minimum atomic E-state index is 0.166. The van der Waals surface area contributed by atoms with Gasteiger partial charge in [-0.25, -0.2) is 0 Å². The molecule has 1 aromatic heterocycles. The van der Waals surface area contributed by atoms with E-state index in [1.165, 1.54) is 5.56 Å². The summed E-state index contributed by atoms with van der Waals surface area (Å²) in [4.78, 5) is 2.30. The first-order valence-corrected chi connectivity index (χ1v) is 7.15. The number of rotatable bonds is 8. The number of nitrogens with one attached hydrogen (secondary N) is 1. The van der Waals surface area contributed by atoms with Crippen LogP contribution in [-0.4, -0.2) is 41.1 Å². The third kappa shape index (κ3) is 3.48. The Kier molecular flexibility index (Phi) is 6.31. The topological polar surface area (TPSA) is 53.3 Å². The van der Waals surface area contributed by atoms with Crippen LogP contribution in [0.15, 0.2) is 0 Å². The minimum Gasteiger partial charge on any atom is -0.395 e. The molecule has 0 spiro atoms. The van der Waals surface area contributed by atoms with E-state index in [1.54, 1.807) is 0 Å². The van der Waals surface area contributed by atoms with E-state index in [4.69, 9.17) is 0 Å². The lowest BCUT2D eigenvalue weighted by atomic mass is 10.1. The van der Waals surface area contributed by atoms with Crippen molar-refractivity contribution >= 4 is 5.82 Å². The van der Waals surface area contributed by atoms with Gasteiger partial charge in [-0.15, -0.1) is 0 Å². The van der Waals surface area contributed by atoms with E-state index < -0.39 is 0 Å². The number of hydrogen-bond donors (Lipinski definition) is 2. The van der Waals surface area contributed by atoms with Crippen LogP contribution in [0.5, 0.6) is 0 Å². The quantitative estimate of drug-likeness (QED) is 0.749. The number of nitrogens with zero attached hydrogens (tertiary/aromatic N) is 3. The van der Waals surface area contributed by atoms with Crippen molar-refractivity contribution in [2.45, 2.75) is 46.2 Å². The molecule has 19 heavy (non-hydrogen) atoms. The molecule has 1 aromatic rings. The summed E-state index contributed by atoms with van der Waals surface area (Å²) in [5.41, 5.74) is 2.28. The van der Waals surface area contributed by atoms with Crippen LogP contribution in [0, 0.1) is 6.92 Å². The first-order chi connectivity index (χ1) is 9.10. The third-order valence-corrected chi connectivity index (χ3v) is 3.66. The maximum atomic E-state index is 9.37. The summed E-state index contributed by atoms with van der Waals surface area (Å²) in [6.45, 7) is 8.05. The Morgan fingerprint density at radius 1 is 1.37 bits per heavy atom. The molecule has 0 atom stereocenters. The molecule has 0 radical (unpaired) electrons. The van der Waals surface area contributed by atoms with E-state index in [9.17, 15) is 5.11 Å². The van der Waals surface area contributed by atoms with Gasteiger partial charge in [0, 0.05) is 31.7 Å². The molecule has 1 heterocycles. The Balaban J connectivity index is 3.20. The van der Waals surface area contributed by atoms with E-state index in [2.05, 4.69) is 29.2 Å². The first-order valence-electron chi connectivity index (χ1n) is 7.15. The second-order valence-electron chi connectivity index (χ2n) is 4.93.